The van der Waals surface area contributed by atoms with Crippen LogP contribution in [-0.4, -0.2) is 37.0 Å². The zero-order valence-corrected chi connectivity index (χ0v) is 15.8. The number of halogens is 1. The lowest BCUT2D eigenvalue weighted by atomic mass is 10.00. The Balaban J connectivity index is 0.00000243. The lowest BCUT2D eigenvalue weighted by Gasteiger charge is -2.30. The van der Waals surface area contributed by atoms with Crippen molar-refractivity contribution in [3.05, 3.63) is 48.0 Å². The predicted molar refractivity (Wildman–Crippen MR) is 107 cm³/mol. The first-order valence-electron chi connectivity index (χ1n) is 8.93. The topological polar surface area (TPSA) is 70.2 Å². The van der Waals surface area contributed by atoms with Gasteiger partial charge in [-0.1, -0.05) is 30.3 Å². The molecule has 6 heteroatoms. The van der Waals surface area contributed by atoms with Crippen molar-refractivity contribution in [1.82, 2.24) is 16.0 Å². The summed E-state index contributed by atoms with van der Waals surface area (Å²) < 4.78 is 0. The van der Waals surface area contributed by atoms with Crippen molar-refractivity contribution in [1.29, 1.82) is 0 Å². The van der Waals surface area contributed by atoms with Crippen molar-refractivity contribution in [2.24, 2.45) is 0 Å². The Kier molecular flexibility index (Phi) is 7.42. The summed E-state index contributed by atoms with van der Waals surface area (Å²) in [6.07, 6.45) is 2.37. The fourth-order valence-corrected chi connectivity index (χ4v) is 3.24. The third-order valence-electron chi connectivity index (χ3n) is 4.76. The first kappa shape index (κ1) is 20.2. The highest BCUT2D eigenvalue weighted by Crippen LogP contribution is 2.15. The summed E-state index contributed by atoms with van der Waals surface area (Å²) in [5, 5.41) is 11.4. The quantitative estimate of drug-likeness (QED) is 0.752. The summed E-state index contributed by atoms with van der Waals surface area (Å²) in [4.78, 5) is 24.3. The van der Waals surface area contributed by atoms with Crippen LogP contribution in [0.3, 0.4) is 0 Å². The predicted octanol–water partition coefficient (Wildman–Crippen LogP) is 2.64. The van der Waals surface area contributed by atoms with Gasteiger partial charge in [0.15, 0.2) is 0 Å². The molecule has 2 atom stereocenters. The van der Waals surface area contributed by atoms with E-state index in [1.54, 1.807) is 0 Å². The molecule has 140 valence electrons. The van der Waals surface area contributed by atoms with Gasteiger partial charge in [-0.05, 0) is 49.2 Å². The van der Waals surface area contributed by atoms with Crippen LogP contribution < -0.4 is 16.0 Å². The molecule has 3 rings (SSSR count). The number of hydrogen-bond donors (Lipinski definition) is 3. The van der Waals surface area contributed by atoms with E-state index < -0.39 is 0 Å². The highest BCUT2D eigenvalue weighted by molar-refractivity contribution is 5.98. The molecule has 1 aliphatic rings. The number of piperidine rings is 1. The fraction of sp³-hybridized carbons (Fsp3) is 0.400. The Morgan fingerprint density at radius 1 is 1.15 bits per heavy atom. The van der Waals surface area contributed by atoms with Gasteiger partial charge in [0.2, 0.25) is 5.91 Å². The van der Waals surface area contributed by atoms with Crippen molar-refractivity contribution < 1.29 is 9.59 Å². The van der Waals surface area contributed by atoms with Crippen LogP contribution in [0.2, 0.25) is 0 Å². The highest BCUT2D eigenvalue weighted by atomic mass is 35.5. The van der Waals surface area contributed by atoms with Crippen LogP contribution in [0.4, 0.5) is 0 Å². The number of carbonyl (C=O) groups excluding carboxylic acids is 2. The van der Waals surface area contributed by atoms with Crippen LogP contribution in [0.15, 0.2) is 42.5 Å². The van der Waals surface area contributed by atoms with Gasteiger partial charge in [0.1, 0.15) is 0 Å². The van der Waals surface area contributed by atoms with Crippen molar-refractivity contribution in [3.63, 3.8) is 0 Å². The Bertz CT molecular complexity index is 766. The molecule has 0 radical (unpaired) electrons. The van der Waals surface area contributed by atoms with Crippen LogP contribution in [0.25, 0.3) is 10.8 Å². The number of fused-ring (bicyclic) bond motifs is 1. The molecular formula is C20H26ClN3O2. The monoisotopic (exact) mass is 375 g/mol. The van der Waals surface area contributed by atoms with E-state index in [9.17, 15) is 9.59 Å². The SMILES string of the molecule is CC1NCCCC1NC(=O)CCNC(=O)c1ccc2ccccc2c1.Cl. The average Bonchev–Trinajstić information content (AvgIpc) is 2.63. The van der Waals surface area contributed by atoms with Gasteiger partial charge in [0.05, 0.1) is 0 Å². The molecule has 1 saturated heterocycles. The van der Waals surface area contributed by atoms with Gasteiger partial charge >= 0.3 is 0 Å². The normalized spacial score (nSPS) is 19.4. The van der Waals surface area contributed by atoms with Crippen molar-refractivity contribution >= 4 is 35.0 Å². The van der Waals surface area contributed by atoms with E-state index in [0.717, 1.165) is 30.2 Å². The summed E-state index contributed by atoms with van der Waals surface area (Å²) in [5.41, 5.74) is 0.615. The molecule has 3 N–H and O–H groups in total. The molecule has 0 aliphatic carbocycles. The molecule has 2 unspecified atom stereocenters. The molecule has 0 bridgehead atoms. The molecule has 2 aromatic carbocycles. The van der Waals surface area contributed by atoms with Gasteiger partial charge in [-0.15, -0.1) is 12.4 Å². The van der Waals surface area contributed by atoms with E-state index in [1.165, 1.54) is 0 Å². The van der Waals surface area contributed by atoms with Gasteiger partial charge in [-0.25, -0.2) is 0 Å². The van der Waals surface area contributed by atoms with Crippen molar-refractivity contribution in [2.45, 2.75) is 38.3 Å². The molecule has 1 fully saturated rings. The smallest absolute Gasteiger partial charge is 0.251 e. The van der Waals surface area contributed by atoms with Crippen LogP contribution >= 0.6 is 12.4 Å². The van der Waals surface area contributed by atoms with E-state index in [1.807, 2.05) is 42.5 Å². The average molecular weight is 376 g/mol. The minimum absolute atomic E-state index is 0. The summed E-state index contributed by atoms with van der Waals surface area (Å²) >= 11 is 0. The van der Waals surface area contributed by atoms with Gasteiger partial charge in [-0.2, -0.15) is 0 Å². The highest BCUT2D eigenvalue weighted by Gasteiger charge is 2.22. The molecule has 0 saturated carbocycles. The second-order valence-corrected chi connectivity index (χ2v) is 6.63. The number of carbonyl (C=O) groups is 2. The lowest BCUT2D eigenvalue weighted by Crippen LogP contribution is -2.52. The van der Waals surface area contributed by atoms with E-state index in [4.69, 9.17) is 0 Å². The molecule has 2 amide bonds. The van der Waals surface area contributed by atoms with E-state index in [2.05, 4.69) is 22.9 Å². The minimum Gasteiger partial charge on any atom is -0.352 e. The number of hydrogen-bond acceptors (Lipinski definition) is 3. The van der Waals surface area contributed by atoms with Gasteiger partial charge in [-0.3, -0.25) is 9.59 Å². The Hall–Kier alpha value is -2.11. The molecule has 26 heavy (non-hydrogen) atoms. The van der Waals surface area contributed by atoms with Crippen molar-refractivity contribution in [2.75, 3.05) is 13.1 Å². The Morgan fingerprint density at radius 2 is 1.92 bits per heavy atom. The summed E-state index contributed by atoms with van der Waals surface area (Å²) in [6, 6.07) is 14.0. The molecule has 1 aliphatic heterocycles. The number of nitrogens with one attached hydrogen (secondary N) is 3. The van der Waals surface area contributed by atoms with Crippen LogP contribution in [0.1, 0.15) is 36.5 Å². The second kappa shape index (κ2) is 9.55. The van der Waals surface area contributed by atoms with Gasteiger partial charge < -0.3 is 16.0 Å². The summed E-state index contributed by atoms with van der Waals surface area (Å²) in [5.74, 6) is -0.161. The fourth-order valence-electron chi connectivity index (χ4n) is 3.24. The summed E-state index contributed by atoms with van der Waals surface area (Å²) in [7, 11) is 0. The first-order chi connectivity index (χ1) is 12.1. The maximum atomic E-state index is 12.3. The zero-order chi connectivity index (χ0) is 17.6. The van der Waals surface area contributed by atoms with Crippen LogP contribution in [0.5, 0.6) is 0 Å². The van der Waals surface area contributed by atoms with E-state index in [0.29, 0.717) is 24.6 Å². The van der Waals surface area contributed by atoms with E-state index in [-0.39, 0.29) is 30.3 Å². The zero-order valence-electron chi connectivity index (χ0n) is 15.0. The molecule has 5 nitrogen and oxygen atoms in total. The lowest BCUT2D eigenvalue weighted by molar-refractivity contribution is -0.122. The first-order valence-corrected chi connectivity index (χ1v) is 8.93. The third kappa shape index (κ3) is 5.19. The molecule has 0 aromatic heterocycles. The largest absolute Gasteiger partial charge is 0.352 e. The third-order valence-corrected chi connectivity index (χ3v) is 4.76. The molecule has 1 heterocycles. The van der Waals surface area contributed by atoms with Crippen LogP contribution in [-0.2, 0) is 4.79 Å². The Labute approximate surface area is 160 Å². The maximum Gasteiger partial charge on any atom is 0.251 e. The van der Waals surface area contributed by atoms with E-state index >= 15 is 0 Å². The van der Waals surface area contributed by atoms with Gasteiger partial charge in [0.25, 0.3) is 5.91 Å². The molecule has 2 aromatic rings. The maximum absolute atomic E-state index is 12.3. The minimum atomic E-state index is -0.147. The standard InChI is InChI=1S/C20H25N3O2.ClH/c1-14-18(7-4-11-21-14)23-19(24)10-12-22-20(25)17-9-8-15-5-2-3-6-16(15)13-17;/h2-3,5-6,8-9,13-14,18,21H,4,7,10-12H2,1H3,(H,22,25)(H,23,24);1H. The van der Waals surface area contributed by atoms with Crippen LogP contribution in [0, 0.1) is 0 Å². The number of benzene rings is 2. The molecular weight excluding hydrogens is 350 g/mol. The van der Waals surface area contributed by atoms with Crippen molar-refractivity contribution in [3.8, 4) is 0 Å². The number of rotatable bonds is 5. The number of amides is 2. The summed E-state index contributed by atoms with van der Waals surface area (Å²) in [6.45, 7) is 3.44. The Morgan fingerprint density at radius 3 is 2.69 bits per heavy atom. The second-order valence-electron chi connectivity index (χ2n) is 6.63. The molecule has 0 spiro atoms. The van der Waals surface area contributed by atoms with Gasteiger partial charge in [0, 0.05) is 30.6 Å².